The number of nitrogens with zero attached hydrogens (tertiary/aromatic N) is 2. The van der Waals surface area contributed by atoms with Gasteiger partial charge in [0.15, 0.2) is 0 Å². The van der Waals surface area contributed by atoms with E-state index in [1.165, 1.54) is 10.9 Å². The first-order chi connectivity index (χ1) is 6.67. The van der Waals surface area contributed by atoms with E-state index in [2.05, 4.69) is 10.2 Å². The van der Waals surface area contributed by atoms with Crippen molar-refractivity contribution in [3.05, 3.63) is 16.8 Å². The summed E-state index contributed by atoms with van der Waals surface area (Å²) in [5, 5.41) is 15.3. The number of rotatable bonds is 5. The number of aliphatic hydroxyl groups is 1. The molecule has 0 saturated heterocycles. The smallest absolute Gasteiger partial charge is 0.343 e. The van der Waals surface area contributed by atoms with Gasteiger partial charge >= 0.3 is 5.69 Å². The predicted octanol–water partition coefficient (Wildman–Crippen LogP) is 0.370. The molecule has 0 aliphatic carbocycles. The molecule has 0 atom stereocenters. The molecule has 0 aliphatic heterocycles. The molecule has 14 heavy (non-hydrogen) atoms. The second kappa shape index (κ2) is 4.41. The van der Waals surface area contributed by atoms with Crippen LogP contribution in [0.3, 0.4) is 0 Å². The monoisotopic (exact) mass is 199 g/mol. The Morgan fingerprint density at radius 3 is 2.57 bits per heavy atom. The summed E-state index contributed by atoms with van der Waals surface area (Å²) in [7, 11) is 0. The van der Waals surface area contributed by atoms with Crippen molar-refractivity contribution in [1.82, 2.24) is 14.8 Å². The molecule has 0 fully saturated rings. The molecule has 1 aromatic heterocycles. The summed E-state index contributed by atoms with van der Waals surface area (Å²) in [4.78, 5) is 11.2. The SMILES string of the molecule is CCC(CC)(CO)Cn1cn[nH]c1=O. The second-order valence-electron chi connectivity index (χ2n) is 3.65. The summed E-state index contributed by atoms with van der Waals surface area (Å²) >= 11 is 0. The van der Waals surface area contributed by atoms with Gasteiger partial charge in [0.25, 0.3) is 0 Å². The molecule has 1 rings (SSSR count). The molecule has 0 aliphatic rings. The van der Waals surface area contributed by atoms with Crippen molar-refractivity contribution in [2.45, 2.75) is 33.2 Å². The van der Waals surface area contributed by atoms with Crippen LogP contribution in [0.4, 0.5) is 0 Å². The highest BCUT2D eigenvalue weighted by Gasteiger charge is 2.26. The van der Waals surface area contributed by atoms with Crippen LogP contribution < -0.4 is 5.69 Å². The number of H-pyrrole nitrogens is 1. The van der Waals surface area contributed by atoms with Gasteiger partial charge in [-0.05, 0) is 12.8 Å². The summed E-state index contributed by atoms with van der Waals surface area (Å²) in [5.74, 6) is 0. The molecule has 2 N–H and O–H groups in total. The Bertz CT molecular complexity index is 317. The van der Waals surface area contributed by atoms with Gasteiger partial charge in [0.1, 0.15) is 6.33 Å². The van der Waals surface area contributed by atoms with Gasteiger partial charge in [-0.2, -0.15) is 5.10 Å². The van der Waals surface area contributed by atoms with E-state index in [-0.39, 0.29) is 17.7 Å². The molecule has 0 amide bonds. The molecule has 0 spiro atoms. The Kier molecular flexibility index (Phi) is 3.46. The zero-order valence-electron chi connectivity index (χ0n) is 8.66. The van der Waals surface area contributed by atoms with Gasteiger partial charge < -0.3 is 5.11 Å². The van der Waals surface area contributed by atoms with Gasteiger partial charge in [-0.25, -0.2) is 9.89 Å². The van der Waals surface area contributed by atoms with Gasteiger partial charge in [0.05, 0.1) is 6.61 Å². The summed E-state index contributed by atoms with van der Waals surface area (Å²) in [6.07, 6.45) is 3.16. The van der Waals surface area contributed by atoms with E-state index in [1.54, 1.807) is 0 Å². The van der Waals surface area contributed by atoms with E-state index in [9.17, 15) is 9.90 Å². The molecule has 1 aromatic rings. The third-order valence-corrected chi connectivity index (χ3v) is 2.96. The zero-order valence-corrected chi connectivity index (χ0v) is 8.66. The van der Waals surface area contributed by atoms with Crippen LogP contribution >= 0.6 is 0 Å². The maximum Gasteiger partial charge on any atom is 0.343 e. The van der Waals surface area contributed by atoms with Crippen molar-refractivity contribution in [2.24, 2.45) is 5.41 Å². The lowest BCUT2D eigenvalue weighted by atomic mass is 9.83. The fraction of sp³-hybridized carbons (Fsp3) is 0.778. The molecule has 5 nitrogen and oxygen atoms in total. The molecule has 0 radical (unpaired) electrons. The highest BCUT2D eigenvalue weighted by atomic mass is 16.3. The number of aliphatic hydroxyl groups excluding tert-OH is 1. The Hall–Kier alpha value is -1.10. The Morgan fingerprint density at radius 1 is 1.57 bits per heavy atom. The maximum atomic E-state index is 11.2. The van der Waals surface area contributed by atoms with E-state index in [0.29, 0.717) is 6.54 Å². The fourth-order valence-corrected chi connectivity index (χ4v) is 1.49. The predicted molar refractivity (Wildman–Crippen MR) is 52.9 cm³/mol. The Morgan fingerprint density at radius 2 is 2.21 bits per heavy atom. The zero-order chi connectivity index (χ0) is 10.6. The summed E-state index contributed by atoms with van der Waals surface area (Å²) in [6, 6.07) is 0. The molecule has 1 heterocycles. The highest BCUT2D eigenvalue weighted by molar-refractivity contribution is 4.78. The molecule has 0 bridgehead atoms. The lowest BCUT2D eigenvalue weighted by molar-refractivity contribution is 0.0947. The fourth-order valence-electron chi connectivity index (χ4n) is 1.49. The minimum Gasteiger partial charge on any atom is -0.396 e. The quantitative estimate of drug-likeness (QED) is 0.719. The number of aromatic amines is 1. The third kappa shape index (κ3) is 2.04. The number of aromatic nitrogens is 3. The van der Waals surface area contributed by atoms with Crippen molar-refractivity contribution in [1.29, 1.82) is 0 Å². The van der Waals surface area contributed by atoms with Crippen LogP contribution in [0.15, 0.2) is 11.1 Å². The molecular formula is C9H17N3O2. The largest absolute Gasteiger partial charge is 0.396 e. The van der Waals surface area contributed by atoms with Crippen LogP contribution in [-0.2, 0) is 6.54 Å². The first-order valence-corrected chi connectivity index (χ1v) is 4.88. The van der Waals surface area contributed by atoms with Crippen molar-refractivity contribution in [3.8, 4) is 0 Å². The van der Waals surface area contributed by atoms with E-state index < -0.39 is 0 Å². The van der Waals surface area contributed by atoms with Crippen LogP contribution in [0, 0.1) is 5.41 Å². The molecule has 0 unspecified atom stereocenters. The normalized spacial score (nSPS) is 11.9. The summed E-state index contributed by atoms with van der Waals surface area (Å²) < 4.78 is 1.50. The van der Waals surface area contributed by atoms with E-state index in [1.807, 2.05) is 13.8 Å². The third-order valence-electron chi connectivity index (χ3n) is 2.96. The van der Waals surface area contributed by atoms with Crippen molar-refractivity contribution < 1.29 is 5.11 Å². The van der Waals surface area contributed by atoms with Gasteiger partial charge in [-0.15, -0.1) is 0 Å². The summed E-state index contributed by atoms with van der Waals surface area (Å²) in [5.41, 5.74) is -0.419. The van der Waals surface area contributed by atoms with E-state index >= 15 is 0 Å². The maximum absolute atomic E-state index is 11.2. The standard InChI is InChI=1S/C9H17N3O2/c1-3-9(4-2,6-13)5-12-7-10-11-8(12)14/h7,13H,3-6H2,1-2H3,(H,11,14). The minimum absolute atomic E-state index is 0.0949. The van der Waals surface area contributed by atoms with Crippen molar-refractivity contribution in [3.63, 3.8) is 0 Å². The number of nitrogens with one attached hydrogen (secondary N) is 1. The van der Waals surface area contributed by atoms with Gasteiger partial charge in [0.2, 0.25) is 0 Å². The first kappa shape index (κ1) is 11.0. The summed E-state index contributed by atoms with van der Waals surface area (Å²) in [6.45, 7) is 4.65. The number of hydrogen-bond donors (Lipinski definition) is 2. The van der Waals surface area contributed by atoms with Crippen LogP contribution in [0.25, 0.3) is 0 Å². The highest BCUT2D eigenvalue weighted by Crippen LogP contribution is 2.26. The Labute approximate surface area is 82.8 Å². The molecular weight excluding hydrogens is 182 g/mol. The molecule has 0 saturated carbocycles. The Balaban J connectivity index is 2.84. The molecule has 0 aromatic carbocycles. The minimum atomic E-state index is -0.218. The van der Waals surface area contributed by atoms with Gasteiger partial charge in [-0.1, -0.05) is 13.8 Å². The topological polar surface area (TPSA) is 70.9 Å². The van der Waals surface area contributed by atoms with E-state index in [4.69, 9.17) is 0 Å². The van der Waals surface area contributed by atoms with E-state index in [0.717, 1.165) is 12.8 Å². The van der Waals surface area contributed by atoms with Crippen LogP contribution in [0.1, 0.15) is 26.7 Å². The second-order valence-corrected chi connectivity index (χ2v) is 3.65. The average Bonchev–Trinajstić information content (AvgIpc) is 2.61. The van der Waals surface area contributed by atoms with Crippen LogP contribution in [-0.4, -0.2) is 26.5 Å². The van der Waals surface area contributed by atoms with Gasteiger partial charge in [0, 0.05) is 12.0 Å². The van der Waals surface area contributed by atoms with Gasteiger partial charge in [-0.3, -0.25) is 4.57 Å². The van der Waals surface area contributed by atoms with Crippen molar-refractivity contribution in [2.75, 3.05) is 6.61 Å². The first-order valence-electron chi connectivity index (χ1n) is 4.88. The lowest BCUT2D eigenvalue weighted by Crippen LogP contribution is -2.33. The molecule has 5 heteroatoms. The average molecular weight is 199 g/mol. The van der Waals surface area contributed by atoms with Crippen molar-refractivity contribution >= 4 is 0 Å². The van der Waals surface area contributed by atoms with Crippen LogP contribution in [0.5, 0.6) is 0 Å². The number of hydrogen-bond acceptors (Lipinski definition) is 3. The van der Waals surface area contributed by atoms with Crippen LogP contribution in [0.2, 0.25) is 0 Å². The lowest BCUT2D eigenvalue weighted by Gasteiger charge is -2.28. The molecule has 80 valence electrons.